The van der Waals surface area contributed by atoms with Gasteiger partial charge in [-0.15, -0.1) is 0 Å². The van der Waals surface area contributed by atoms with Crippen molar-refractivity contribution in [2.45, 2.75) is 20.8 Å². The second kappa shape index (κ2) is 1.77. The smallest absolute Gasteiger partial charge is 0.000115 e. The lowest BCUT2D eigenvalue weighted by molar-refractivity contribution is 0.923. The van der Waals surface area contributed by atoms with E-state index in [1.807, 2.05) is 0 Å². The van der Waals surface area contributed by atoms with Crippen molar-refractivity contribution in [3.8, 4) is 0 Å². The van der Waals surface area contributed by atoms with E-state index in [9.17, 15) is 0 Å². The lowest BCUT2D eigenvalue weighted by Crippen LogP contribution is -1.74. The fraction of sp³-hybridized carbons (Fsp3) is 0.500. The van der Waals surface area contributed by atoms with Crippen LogP contribution in [0.4, 0.5) is 0 Å². The molecule has 1 rings (SSSR count). The van der Waals surface area contributed by atoms with Crippen LogP contribution in [0.1, 0.15) is 20.8 Å². The first kappa shape index (κ1) is 5.61. The average molecular weight is 107 g/mol. The maximum absolute atomic E-state index is 3.29. The van der Waals surface area contributed by atoms with Crippen molar-refractivity contribution in [2.75, 3.05) is 0 Å². The Hall–Kier alpha value is -0.520. The summed E-state index contributed by atoms with van der Waals surface area (Å²) in [4.78, 5) is 0. The van der Waals surface area contributed by atoms with E-state index in [-0.39, 0.29) is 0 Å². The van der Waals surface area contributed by atoms with Gasteiger partial charge in [-0.05, 0) is 25.5 Å². The van der Waals surface area contributed by atoms with Crippen molar-refractivity contribution in [1.82, 2.24) is 0 Å². The first-order valence-corrected chi connectivity index (χ1v) is 2.99. The van der Waals surface area contributed by atoms with Gasteiger partial charge in [0, 0.05) is 5.92 Å². The van der Waals surface area contributed by atoms with Crippen LogP contribution in [-0.4, -0.2) is 0 Å². The number of rotatable bonds is 0. The largest absolute Gasteiger partial charge is 0.0741 e. The topological polar surface area (TPSA) is 0 Å². The van der Waals surface area contributed by atoms with Gasteiger partial charge in [0.1, 0.15) is 0 Å². The third kappa shape index (κ3) is 0.835. The maximum Gasteiger partial charge on any atom is 0.000115 e. The molecule has 0 heterocycles. The predicted octanol–water partition coefficient (Wildman–Crippen LogP) is 2.33. The van der Waals surface area contributed by atoms with Crippen LogP contribution in [0.15, 0.2) is 17.2 Å². The molecule has 0 heteroatoms. The Bertz CT molecular complexity index is 131. The normalized spacial score (nSPS) is 20.9. The summed E-state index contributed by atoms with van der Waals surface area (Å²) in [6.45, 7) is 6.39. The highest BCUT2D eigenvalue weighted by molar-refractivity contribution is 5.31. The quantitative estimate of drug-likeness (QED) is 0.445. The van der Waals surface area contributed by atoms with Crippen molar-refractivity contribution in [3.63, 3.8) is 0 Å². The molecule has 0 saturated carbocycles. The van der Waals surface area contributed by atoms with Crippen LogP contribution in [0.3, 0.4) is 0 Å². The monoisotopic (exact) mass is 107 g/mol. The minimum atomic E-state index is 0.551. The number of allylic oxidation sites excluding steroid dienone is 4. The van der Waals surface area contributed by atoms with E-state index in [2.05, 4.69) is 32.9 Å². The molecule has 8 heavy (non-hydrogen) atoms. The molecule has 0 bridgehead atoms. The lowest BCUT2D eigenvalue weighted by Gasteiger charge is -1.87. The first-order valence-electron chi connectivity index (χ1n) is 2.99. The molecule has 1 aliphatic rings. The summed E-state index contributed by atoms with van der Waals surface area (Å²) >= 11 is 0. The van der Waals surface area contributed by atoms with E-state index in [1.165, 1.54) is 11.1 Å². The highest BCUT2D eigenvalue weighted by Crippen LogP contribution is 2.20. The second-order valence-corrected chi connectivity index (χ2v) is 2.41. The summed E-state index contributed by atoms with van der Waals surface area (Å²) in [7, 11) is 0. The van der Waals surface area contributed by atoms with E-state index in [0.717, 1.165) is 0 Å². The zero-order valence-electron chi connectivity index (χ0n) is 5.65. The Balaban J connectivity index is 2.82. The van der Waals surface area contributed by atoms with E-state index in [1.54, 1.807) is 0 Å². The standard InChI is InChI=1S/C8H11/c1-6-4-7(2)8(3)5-6/h4,6H,1-3H3. The van der Waals surface area contributed by atoms with Gasteiger partial charge >= 0.3 is 0 Å². The molecule has 0 nitrogen and oxygen atoms in total. The molecule has 0 aromatic heterocycles. The zero-order valence-corrected chi connectivity index (χ0v) is 5.65. The molecule has 0 aromatic rings. The van der Waals surface area contributed by atoms with E-state index >= 15 is 0 Å². The molecule has 1 unspecified atom stereocenters. The average Bonchev–Trinajstić information content (AvgIpc) is 1.85. The fourth-order valence-electron chi connectivity index (χ4n) is 0.997. The van der Waals surface area contributed by atoms with Crippen molar-refractivity contribution in [2.24, 2.45) is 5.92 Å². The lowest BCUT2D eigenvalue weighted by atomic mass is 10.2. The summed E-state index contributed by atoms with van der Waals surface area (Å²) in [5, 5.41) is 0. The molecule has 1 aliphatic carbocycles. The van der Waals surface area contributed by atoms with Crippen LogP contribution >= 0.6 is 0 Å². The molecule has 0 fully saturated rings. The maximum atomic E-state index is 3.29. The summed E-state index contributed by atoms with van der Waals surface area (Å²) < 4.78 is 0. The number of hydrogen-bond acceptors (Lipinski definition) is 0. The summed E-state index contributed by atoms with van der Waals surface area (Å²) in [5.41, 5.74) is 2.70. The van der Waals surface area contributed by atoms with Gasteiger partial charge in [-0.1, -0.05) is 18.6 Å². The van der Waals surface area contributed by atoms with E-state index in [4.69, 9.17) is 0 Å². The summed E-state index contributed by atoms with van der Waals surface area (Å²) in [6, 6.07) is 0. The van der Waals surface area contributed by atoms with Gasteiger partial charge < -0.3 is 0 Å². The fourth-order valence-corrected chi connectivity index (χ4v) is 0.997. The molecule has 0 aromatic carbocycles. The third-order valence-corrected chi connectivity index (χ3v) is 1.54. The van der Waals surface area contributed by atoms with Crippen LogP contribution in [-0.2, 0) is 0 Å². The SMILES string of the molecule is CC1=[C]C(C)C=C1C. The van der Waals surface area contributed by atoms with Gasteiger partial charge in [0.2, 0.25) is 0 Å². The predicted molar refractivity (Wildman–Crippen MR) is 35.4 cm³/mol. The Labute approximate surface area is 50.9 Å². The van der Waals surface area contributed by atoms with E-state index < -0.39 is 0 Å². The minimum Gasteiger partial charge on any atom is -0.0741 e. The molecule has 43 valence electrons. The Kier molecular flexibility index (Phi) is 1.24. The van der Waals surface area contributed by atoms with Crippen LogP contribution in [0, 0.1) is 12.0 Å². The van der Waals surface area contributed by atoms with Gasteiger partial charge in [0.15, 0.2) is 0 Å². The Morgan fingerprint density at radius 2 is 2.12 bits per heavy atom. The Morgan fingerprint density at radius 3 is 2.25 bits per heavy atom. The highest BCUT2D eigenvalue weighted by Gasteiger charge is 2.05. The van der Waals surface area contributed by atoms with Crippen LogP contribution in [0.2, 0.25) is 0 Å². The molecule has 0 saturated heterocycles. The molecular weight excluding hydrogens is 96.1 g/mol. The van der Waals surface area contributed by atoms with Gasteiger partial charge in [-0.3, -0.25) is 0 Å². The second-order valence-electron chi connectivity index (χ2n) is 2.41. The first-order chi connectivity index (χ1) is 3.70. The van der Waals surface area contributed by atoms with Crippen LogP contribution < -0.4 is 0 Å². The molecule has 0 aliphatic heterocycles. The molecular formula is C8H11. The Morgan fingerprint density at radius 1 is 1.50 bits per heavy atom. The van der Waals surface area contributed by atoms with Crippen molar-refractivity contribution < 1.29 is 0 Å². The van der Waals surface area contributed by atoms with Gasteiger partial charge in [-0.25, -0.2) is 0 Å². The van der Waals surface area contributed by atoms with Crippen molar-refractivity contribution in [3.05, 3.63) is 23.3 Å². The van der Waals surface area contributed by atoms with Gasteiger partial charge in [-0.2, -0.15) is 0 Å². The molecule has 0 spiro atoms. The van der Waals surface area contributed by atoms with Crippen molar-refractivity contribution >= 4 is 0 Å². The summed E-state index contributed by atoms with van der Waals surface area (Å²) in [6.07, 6.45) is 5.52. The third-order valence-electron chi connectivity index (χ3n) is 1.54. The van der Waals surface area contributed by atoms with Gasteiger partial charge in [0.05, 0.1) is 0 Å². The molecule has 1 radical (unpaired) electrons. The van der Waals surface area contributed by atoms with Crippen LogP contribution in [0.5, 0.6) is 0 Å². The van der Waals surface area contributed by atoms with Gasteiger partial charge in [0.25, 0.3) is 0 Å². The molecule has 0 N–H and O–H groups in total. The summed E-state index contributed by atoms with van der Waals surface area (Å²) in [5.74, 6) is 0.551. The minimum absolute atomic E-state index is 0.551. The van der Waals surface area contributed by atoms with Crippen LogP contribution in [0.25, 0.3) is 0 Å². The van der Waals surface area contributed by atoms with E-state index in [0.29, 0.717) is 5.92 Å². The van der Waals surface area contributed by atoms with Crippen molar-refractivity contribution in [1.29, 1.82) is 0 Å². The zero-order chi connectivity index (χ0) is 6.15. The number of hydrogen-bond donors (Lipinski definition) is 0. The highest BCUT2D eigenvalue weighted by atomic mass is 14.1. The molecule has 0 amide bonds. The molecule has 1 atom stereocenters.